The van der Waals surface area contributed by atoms with Crippen LogP contribution in [0.25, 0.3) is 0 Å². The lowest BCUT2D eigenvalue weighted by atomic mass is 10.4. The molecule has 4 N–H and O–H groups in total. The van der Waals surface area contributed by atoms with Gasteiger partial charge in [-0.3, -0.25) is 0 Å². The van der Waals surface area contributed by atoms with Crippen molar-refractivity contribution >= 4 is 5.84 Å². The SMILES string of the molecule is N/C(CCO)=N\OCCCO. The number of oxime groups is 1. The molecule has 0 aromatic heterocycles. The zero-order valence-electron chi connectivity index (χ0n) is 6.36. The Balaban J connectivity index is 3.24. The van der Waals surface area contributed by atoms with Gasteiger partial charge in [0.05, 0.1) is 6.61 Å². The summed E-state index contributed by atoms with van der Waals surface area (Å²) in [6, 6.07) is 0. The molecule has 0 unspecified atom stereocenters. The third-order valence-corrected chi connectivity index (χ3v) is 0.943. The molecule has 0 aliphatic carbocycles. The van der Waals surface area contributed by atoms with Gasteiger partial charge < -0.3 is 20.8 Å². The van der Waals surface area contributed by atoms with E-state index in [4.69, 9.17) is 15.9 Å². The normalized spacial score (nSPS) is 11.6. The van der Waals surface area contributed by atoms with Crippen LogP contribution in [0.3, 0.4) is 0 Å². The lowest BCUT2D eigenvalue weighted by Crippen LogP contribution is -2.14. The first-order valence-corrected chi connectivity index (χ1v) is 3.47. The molecule has 0 spiro atoms. The van der Waals surface area contributed by atoms with Crippen molar-refractivity contribution in [3.05, 3.63) is 0 Å². The van der Waals surface area contributed by atoms with Gasteiger partial charge in [-0.1, -0.05) is 5.16 Å². The standard InChI is InChI=1S/C6H14N2O3/c7-6(2-4-10)8-11-5-1-3-9/h9-10H,1-5H2,(H2,7,8). The molecule has 0 aromatic carbocycles. The summed E-state index contributed by atoms with van der Waals surface area (Å²) in [6.07, 6.45) is 0.856. The number of aliphatic hydroxyl groups is 2. The van der Waals surface area contributed by atoms with Crippen LogP contribution in [0.2, 0.25) is 0 Å². The number of amidine groups is 1. The summed E-state index contributed by atoms with van der Waals surface area (Å²) in [4.78, 5) is 4.68. The molecule has 0 rings (SSSR count). The zero-order valence-corrected chi connectivity index (χ0v) is 6.36. The Morgan fingerprint density at radius 2 is 2.09 bits per heavy atom. The average Bonchev–Trinajstić information content (AvgIpc) is 1.99. The minimum absolute atomic E-state index is 0.0291. The van der Waals surface area contributed by atoms with Gasteiger partial charge in [0.25, 0.3) is 0 Å². The predicted molar refractivity (Wildman–Crippen MR) is 41.0 cm³/mol. The Kier molecular flexibility index (Phi) is 6.76. The first-order chi connectivity index (χ1) is 5.31. The van der Waals surface area contributed by atoms with Gasteiger partial charge in [-0.25, -0.2) is 0 Å². The second-order valence-corrected chi connectivity index (χ2v) is 1.97. The molecular weight excluding hydrogens is 148 g/mol. The fourth-order valence-electron chi connectivity index (χ4n) is 0.418. The van der Waals surface area contributed by atoms with Crippen LogP contribution >= 0.6 is 0 Å². The molecule has 0 radical (unpaired) electrons. The van der Waals surface area contributed by atoms with Crippen molar-refractivity contribution in [3.8, 4) is 0 Å². The van der Waals surface area contributed by atoms with Gasteiger partial charge in [-0.15, -0.1) is 0 Å². The molecule has 0 aromatic rings. The van der Waals surface area contributed by atoms with E-state index in [0.29, 0.717) is 19.4 Å². The molecule has 0 bridgehead atoms. The number of hydrogen-bond donors (Lipinski definition) is 3. The molecule has 11 heavy (non-hydrogen) atoms. The van der Waals surface area contributed by atoms with E-state index in [-0.39, 0.29) is 19.0 Å². The Morgan fingerprint density at radius 1 is 1.36 bits per heavy atom. The third-order valence-electron chi connectivity index (χ3n) is 0.943. The van der Waals surface area contributed by atoms with Gasteiger partial charge in [0, 0.05) is 19.4 Å². The monoisotopic (exact) mass is 162 g/mol. The Labute approximate surface area is 65.5 Å². The molecule has 0 saturated heterocycles. The van der Waals surface area contributed by atoms with E-state index < -0.39 is 0 Å². The summed E-state index contributed by atoms with van der Waals surface area (Å²) in [5.74, 6) is 0.269. The third kappa shape index (κ3) is 7.08. The largest absolute Gasteiger partial charge is 0.396 e. The molecule has 0 atom stereocenters. The number of aliphatic hydroxyl groups excluding tert-OH is 2. The maximum atomic E-state index is 8.38. The maximum absolute atomic E-state index is 8.38. The summed E-state index contributed by atoms with van der Waals surface area (Å²) in [7, 11) is 0. The highest BCUT2D eigenvalue weighted by Gasteiger charge is 1.90. The van der Waals surface area contributed by atoms with Gasteiger partial charge in [0.15, 0.2) is 0 Å². The van der Waals surface area contributed by atoms with E-state index in [0.717, 1.165) is 0 Å². The fraction of sp³-hybridized carbons (Fsp3) is 0.833. The molecule has 0 heterocycles. The van der Waals surface area contributed by atoms with Crippen LogP contribution in [0.5, 0.6) is 0 Å². The lowest BCUT2D eigenvalue weighted by Gasteiger charge is -1.98. The van der Waals surface area contributed by atoms with E-state index in [2.05, 4.69) is 9.99 Å². The van der Waals surface area contributed by atoms with Crippen LogP contribution < -0.4 is 5.73 Å². The Morgan fingerprint density at radius 3 is 2.64 bits per heavy atom. The van der Waals surface area contributed by atoms with Crippen molar-refractivity contribution in [2.75, 3.05) is 19.8 Å². The average molecular weight is 162 g/mol. The number of nitrogens with two attached hydrogens (primary N) is 1. The highest BCUT2D eigenvalue weighted by molar-refractivity contribution is 5.79. The summed E-state index contributed by atoms with van der Waals surface area (Å²) in [5, 5.41) is 20.2. The Hall–Kier alpha value is -0.810. The first-order valence-electron chi connectivity index (χ1n) is 3.47. The summed E-state index contributed by atoms with van der Waals surface area (Å²) in [5.41, 5.74) is 5.27. The van der Waals surface area contributed by atoms with Crippen LogP contribution in [0.1, 0.15) is 12.8 Å². The minimum atomic E-state index is -0.0291. The number of hydrogen-bond acceptors (Lipinski definition) is 4. The highest BCUT2D eigenvalue weighted by atomic mass is 16.6. The van der Waals surface area contributed by atoms with Crippen LogP contribution in [0.4, 0.5) is 0 Å². The molecule has 0 aliphatic rings. The second-order valence-electron chi connectivity index (χ2n) is 1.97. The van der Waals surface area contributed by atoms with E-state index in [1.54, 1.807) is 0 Å². The van der Waals surface area contributed by atoms with Gasteiger partial charge >= 0.3 is 0 Å². The maximum Gasteiger partial charge on any atom is 0.141 e. The van der Waals surface area contributed by atoms with Crippen LogP contribution in [0, 0.1) is 0 Å². The highest BCUT2D eigenvalue weighted by Crippen LogP contribution is 1.84. The van der Waals surface area contributed by atoms with E-state index in [1.165, 1.54) is 0 Å². The summed E-state index contributed by atoms with van der Waals surface area (Å²) in [6.45, 7) is 0.400. The van der Waals surface area contributed by atoms with Crippen molar-refractivity contribution in [1.82, 2.24) is 0 Å². The van der Waals surface area contributed by atoms with Crippen LogP contribution in [0.15, 0.2) is 5.16 Å². The number of nitrogens with zero attached hydrogens (tertiary/aromatic N) is 1. The smallest absolute Gasteiger partial charge is 0.141 e. The molecule has 0 aliphatic heterocycles. The first kappa shape index (κ1) is 10.2. The fourth-order valence-corrected chi connectivity index (χ4v) is 0.418. The topological polar surface area (TPSA) is 88.1 Å². The summed E-state index contributed by atoms with van der Waals surface area (Å²) < 4.78 is 0. The van der Waals surface area contributed by atoms with Crippen molar-refractivity contribution in [1.29, 1.82) is 0 Å². The van der Waals surface area contributed by atoms with Gasteiger partial charge in [0.1, 0.15) is 12.4 Å². The molecule has 5 heteroatoms. The Bertz CT molecular complexity index is 116. The zero-order chi connectivity index (χ0) is 8.53. The van der Waals surface area contributed by atoms with Crippen molar-refractivity contribution < 1.29 is 15.1 Å². The van der Waals surface area contributed by atoms with Gasteiger partial charge in [0.2, 0.25) is 0 Å². The minimum Gasteiger partial charge on any atom is -0.396 e. The van der Waals surface area contributed by atoms with E-state index >= 15 is 0 Å². The quantitative estimate of drug-likeness (QED) is 0.203. The predicted octanol–water partition coefficient (Wildman–Crippen LogP) is -0.960. The van der Waals surface area contributed by atoms with E-state index in [1.807, 2.05) is 0 Å². The van der Waals surface area contributed by atoms with Crippen molar-refractivity contribution in [2.45, 2.75) is 12.8 Å². The van der Waals surface area contributed by atoms with Crippen molar-refractivity contribution in [2.24, 2.45) is 10.9 Å². The molecule has 0 saturated carbocycles. The molecule has 0 amide bonds. The lowest BCUT2D eigenvalue weighted by molar-refractivity contribution is 0.122. The molecule has 5 nitrogen and oxygen atoms in total. The second kappa shape index (κ2) is 7.30. The van der Waals surface area contributed by atoms with Crippen LogP contribution in [-0.4, -0.2) is 35.9 Å². The van der Waals surface area contributed by atoms with E-state index in [9.17, 15) is 0 Å². The molecule has 0 fully saturated rings. The number of rotatable bonds is 6. The van der Waals surface area contributed by atoms with Gasteiger partial charge in [-0.05, 0) is 0 Å². The molecular formula is C6H14N2O3. The van der Waals surface area contributed by atoms with Gasteiger partial charge in [-0.2, -0.15) is 0 Å². The van der Waals surface area contributed by atoms with Crippen LogP contribution in [-0.2, 0) is 4.84 Å². The summed E-state index contributed by atoms with van der Waals surface area (Å²) >= 11 is 0. The molecule has 66 valence electrons. The van der Waals surface area contributed by atoms with Crippen molar-refractivity contribution in [3.63, 3.8) is 0 Å².